The first-order valence-electron chi connectivity index (χ1n) is 8.27. The highest BCUT2D eigenvalue weighted by atomic mass is 16.5. The van der Waals surface area contributed by atoms with E-state index < -0.39 is 11.9 Å². The zero-order valence-electron chi connectivity index (χ0n) is 16.7. The van der Waals surface area contributed by atoms with Crippen molar-refractivity contribution in [2.45, 2.75) is 6.10 Å². The molecule has 1 N–H and O–H groups in total. The third-order valence-electron chi connectivity index (χ3n) is 4.20. The summed E-state index contributed by atoms with van der Waals surface area (Å²) in [5.41, 5.74) is 0.476. The van der Waals surface area contributed by atoms with E-state index in [4.69, 9.17) is 28.4 Å². The maximum Gasteiger partial charge on any atom is 0.203 e. The maximum absolute atomic E-state index is 12.9. The van der Waals surface area contributed by atoms with Crippen LogP contribution >= 0.6 is 0 Å². The molecule has 2 rings (SSSR count). The van der Waals surface area contributed by atoms with Crippen LogP contribution < -0.4 is 28.4 Å². The molecule has 0 bridgehead atoms. The van der Waals surface area contributed by atoms with Crippen molar-refractivity contribution in [3.8, 4) is 34.5 Å². The minimum absolute atomic E-state index is 0.191. The van der Waals surface area contributed by atoms with Crippen molar-refractivity contribution in [2.75, 3.05) is 42.7 Å². The fourth-order valence-corrected chi connectivity index (χ4v) is 2.79. The maximum atomic E-state index is 12.9. The van der Waals surface area contributed by atoms with E-state index >= 15 is 0 Å². The van der Waals surface area contributed by atoms with Crippen molar-refractivity contribution < 1.29 is 38.3 Å². The first-order chi connectivity index (χ1) is 13.4. The summed E-state index contributed by atoms with van der Waals surface area (Å²) < 4.78 is 31.6. The van der Waals surface area contributed by atoms with Gasteiger partial charge in [0.15, 0.2) is 28.8 Å². The Morgan fingerprint density at radius 1 is 0.679 bits per heavy atom. The summed E-state index contributed by atoms with van der Waals surface area (Å²) in [6.07, 6.45) is -1.48. The van der Waals surface area contributed by atoms with Crippen molar-refractivity contribution in [1.29, 1.82) is 0 Å². The molecule has 1 atom stereocenters. The molecule has 0 fully saturated rings. The Morgan fingerprint density at radius 2 is 1.04 bits per heavy atom. The van der Waals surface area contributed by atoms with Crippen LogP contribution in [0, 0.1) is 0 Å². The predicted molar refractivity (Wildman–Crippen MR) is 101 cm³/mol. The summed E-state index contributed by atoms with van der Waals surface area (Å²) in [4.78, 5) is 12.9. The van der Waals surface area contributed by atoms with Crippen molar-refractivity contribution in [2.24, 2.45) is 0 Å². The standard InChI is InChI=1S/C20H24O8/c1-23-13-7-11(8-14(24-2)19(13)27-5)17(21)18(22)12-9-15(25-3)20(28-6)16(10-12)26-4/h7-10,17,21H,1-6H3/t17-/m1/s1. The average Bonchev–Trinajstić information content (AvgIpc) is 2.75. The molecule has 0 radical (unpaired) electrons. The highest BCUT2D eigenvalue weighted by Crippen LogP contribution is 2.42. The third kappa shape index (κ3) is 3.91. The van der Waals surface area contributed by atoms with Crippen molar-refractivity contribution >= 4 is 5.78 Å². The molecule has 0 aliphatic heterocycles. The molecule has 0 spiro atoms. The van der Waals surface area contributed by atoms with Crippen LogP contribution in [0.25, 0.3) is 0 Å². The van der Waals surface area contributed by atoms with E-state index in [-0.39, 0.29) is 11.1 Å². The highest BCUT2D eigenvalue weighted by molar-refractivity contribution is 6.01. The van der Waals surface area contributed by atoms with Crippen molar-refractivity contribution in [3.63, 3.8) is 0 Å². The summed E-state index contributed by atoms with van der Waals surface area (Å²) in [7, 11) is 8.73. The van der Waals surface area contributed by atoms with Crippen LogP contribution in [0.3, 0.4) is 0 Å². The van der Waals surface area contributed by atoms with Gasteiger partial charge in [-0.05, 0) is 29.8 Å². The Labute approximate surface area is 163 Å². The van der Waals surface area contributed by atoms with Gasteiger partial charge in [0.2, 0.25) is 11.5 Å². The number of benzene rings is 2. The SMILES string of the molecule is COc1cc(C(=O)[C@H](O)c2cc(OC)c(OC)c(OC)c2)cc(OC)c1OC. The van der Waals surface area contributed by atoms with E-state index in [1.54, 1.807) is 0 Å². The number of carbonyl (C=O) groups is 1. The lowest BCUT2D eigenvalue weighted by Gasteiger charge is -2.18. The van der Waals surface area contributed by atoms with Gasteiger partial charge in [0.1, 0.15) is 6.10 Å². The number of Topliss-reactive ketones (excluding diaryl/α,β-unsaturated/α-hetero) is 1. The summed E-state index contributed by atoms with van der Waals surface area (Å²) in [5.74, 6) is 1.42. The van der Waals surface area contributed by atoms with Gasteiger partial charge in [-0.15, -0.1) is 0 Å². The first kappa shape index (κ1) is 21.2. The largest absolute Gasteiger partial charge is 0.493 e. The van der Waals surface area contributed by atoms with Gasteiger partial charge in [0.25, 0.3) is 0 Å². The number of methoxy groups -OCH3 is 6. The van der Waals surface area contributed by atoms with Gasteiger partial charge in [-0.2, -0.15) is 0 Å². The van der Waals surface area contributed by atoms with Gasteiger partial charge in [-0.3, -0.25) is 4.79 Å². The molecule has 0 saturated heterocycles. The van der Waals surface area contributed by atoms with Gasteiger partial charge in [-0.1, -0.05) is 0 Å². The molecule has 2 aromatic rings. The number of rotatable bonds is 9. The quantitative estimate of drug-likeness (QED) is 0.651. The predicted octanol–water partition coefficient (Wildman–Crippen LogP) is 2.65. The van der Waals surface area contributed by atoms with Gasteiger partial charge < -0.3 is 33.5 Å². The molecule has 0 aliphatic carbocycles. The van der Waals surface area contributed by atoms with Crippen LogP contribution in [-0.2, 0) is 0 Å². The topological polar surface area (TPSA) is 92.7 Å². The summed E-state index contributed by atoms with van der Waals surface area (Å²) in [6.45, 7) is 0. The lowest BCUT2D eigenvalue weighted by molar-refractivity contribution is 0.0745. The van der Waals surface area contributed by atoms with Crippen LogP contribution in [0.4, 0.5) is 0 Å². The van der Waals surface area contributed by atoms with Crippen molar-refractivity contribution in [3.05, 3.63) is 35.4 Å². The van der Waals surface area contributed by atoms with E-state index in [1.165, 1.54) is 66.9 Å². The minimum atomic E-state index is -1.48. The highest BCUT2D eigenvalue weighted by Gasteiger charge is 2.26. The van der Waals surface area contributed by atoms with Gasteiger partial charge in [0.05, 0.1) is 42.7 Å². The van der Waals surface area contributed by atoms with Crippen LogP contribution in [-0.4, -0.2) is 53.5 Å². The second-order valence-corrected chi connectivity index (χ2v) is 5.64. The number of carbonyl (C=O) groups excluding carboxylic acids is 1. The Kier molecular flexibility index (Phi) is 6.94. The molecule has 28 heavy (non-hydrogen) atoms. The number of hydrogen-bond donors (Lipinski definition) is 1. The number of hydrogen-bond acceptors (Lipinski definition) is 8. The molecule has 0 saturated carbocycles. The van der Waals surface area contributed by atoms with Gasteiger partial charge in [-0.25, -0.2) is 0 Å². The fourth-order valence-electron chi connectivity index (χ4n) is 2.79. The van der Waals surface area contributed by atoms with Crippen LogP contribution in [0.1, 0.15) is 22.0 Å². The van der Waals surface area contributed by atoms with E-state index in [0.717, 1.165) is 0 Å². The van der Waals surface area contributed by atoms with Crippen LogP contribution in [0.15, 0.2) is 24.3 Å². The molecule has 8 heteroatoms. The zero-order chi connectivity index (χ0) is 20.8. The summed E-state index contributed by atoms with van der Waals surface area (Å²) >= 11 is 0. The normalized spacial score (nSPS) is 11.4. The fraction of sp³-hybridized carbons (Fsp3) is 0.350. The molecule has 0 amide bonds. The molecule has 2 aromatic carbocycles. The van der Waals surface area contributed by atoms with Crippen molar-refractivity contribution in [1.82, 2.24) is 0 Å². The molecule has 0 aromatic heterocycles. The van der Waals surface area contributed by atoms with E-state index in [2.05, 4.69) is 0 Å². The minimum Gasteiger partial charge on any atom is -0.493 e. The Bertz CT molecular complexity index is 796. The van der Waals surface area contributed by atoms with Gasteiger partial charge >= 0.3 is 0 Å². The molecular weight excluding hydrogens is 368 g/mol. The Balaban J connectivity index is 2.50. The summed E-state index contributed by atoms with van der Waals surface area (Å²) in [6, 6.07) is 5.99. The van der Waals surface area contributed by atoms with Gasteiger partial charge in [0, 0.05) is 5.56 Å². The summed E-state index contributed by atoms with van der Waals surface area (Å²) in [5, 5.41) is 10.7. The first-order valence-corrected chi connectivity index (χ1v) is 8.27. The molecular formula is C20H24O8. The second kappa shape index (κ2) is 9.18. The molecule has 152 valence electrons. The second-order valence-electron chi connectivity index (χ2n) is 5.64. The molecule has 0 unspecified atom stereocenters. The van der Waals surface area contributed by atoms with E-state index in [9.17, 15) is 9.90 Å². The van der Waals surface area contributed by atoms with Crippen LogP contribution in [0.5, 0.6) is 34.5 Å². The zero-order valence-corrected chi connectivity index (χ0v) is 16.7. The Morgan fingerprint density at radius 3 is 1.36 bits per heavy atom. The lowest BCUT2D eigenvalue weighted by atomic mass is 9.98. The number of aliphatic hydroxyl groups is 1. The lowest BCUT2D eigenvalue weighted by Crippen LogP contribution is -2.13. The number of ketones is 1. The molecule has 0 heterocycles. The van der Waals surface area contributed by atoms with E-state index in [0.29, 0.717) is 34.5 Å². The van der Waals surface area contributed by atoms with Crippen LogP contribution in [0.2, 0.25) is 0 Å². The number of aliphatic hydroxyl groups excluding tert-OH is 1. The Hall–Kier alpha value is -3.13. The molecule has 8 nitrogen and oxygen atoms in total. The molecule has 0 aliphatic rings. The average molecular weight is 392 g/mol. The van der Waals surface area contributed by atoms with E-state index in [1.807, 2.05) is 0 Å². The number of ether oxygens (including phenoxy) is 6. The monoisotopic (exact) mass is 392 g/mol. The smallest absolute Gasteiger partial charge is 0.203 e. The third-order valence-corrected chi connectivity index (χ3v) is 4.20.